The number of halogens is 2. The lowest BCUT2D eigenvalue weighted by Crippen LogP contribution is -2.02. The molecule has 6 nitrogen and oxygen atoms in total. The fourth-order valence-corrected chi connectivity index (χ4v) is 3.92. The first-order chi connectivity index (χ1) is 16.1. The van der Waals surface area contributed by atoms with Gasteiger partial charge in [-0.3, -0.25) is 0 Å². The molecule has 0 fully saturated rings. The Hall–Kier alpha value is -3.72. The van der Waals surface area contributed by atoms with E-state index in [1.807, 2.05) is 30.3 Å². The number of hydrogen-bond donors (Lipinski definition) is 2. The molecule has 0 atom stereocenters. The maximum Gasteiger partial charge on any atom is 0.228 e. The fourth-order valence-electron chi connectivity index (χ4n) is 3.09. The minimum atomic E-state index is -1.10. The summed E-state index contributed by atoms with van der Waals surface area (Å²) in [6.45, 7) is 1.68. The van der Waals surface area contributed by atoms with Crippen LogP contribution in [0.4, 0.5) is 20.4 Å². The Labute approximate surface area is 194 Å². The van der Waals surface area contributed by atoms with Crippen molar-refractivity contribution in [2.45, 2.75) is 12.7 Å². The Morgan fingerprint density at radius 2 is 1.79 bits per heavy atom. The van der Waals surface area contributed by atoms with E-state index < -0.39 is 11.6 Å². The molecule has 9 heteroatoms. The summed E-state index contributed by atoms with van der Waals surface area (Å²) < 4.78 is 38.4. The minimum absolute atomic E-state index is 0.0801. The number of nitrogens with zero attached hydrogens (tertiary/aromatic N) is 3. The maximum absolute atomic E-state index is 14.9. The summed E-state index contributed by atoms with van der Waals surface area (Å²) >= 11 is 1.28. The molecule has 4 rings (SSSR count). The van der Waals surface area contributed by atoms with Crippen molar-refractivity contribution in [1.82, 2.24) is 15.0 Å². The summed E-state index contributed by atoms with van der Waals surface area (Å²) in [6, 6.07) is 16.3. The zero-order valence-electron chi connectivity index (χ0n) is 18.0. The third kappa shape index (κ3) is 5.20. The molecule has 2 aromatic heterocycles. The van der Waals surface area contributed by atoms with Crippen molar-refractivity contribution in [2.75, 3.05) is 17.1 Å². The second-order valence-electron chi connectivity index (χ2n) is 7.04. The van der Waals surface area contributed by atoms with E-state index in [2.05, 4.69) is 25.0 Å². The van der Waals surface area contributed by atoms with Crippen LogP contribution in [0.5, 0.6) is 11.6 Å². The van der Waals surface area contributed by atoms with Gasteiger partial charge in [-0.2, -0.15) is 4.39 Å². The van der Waals surface area contributed by atoms with Gasteiger partial charge >= 0.3 is 0 Å². The van der Waals surface area contributed by atoms with Crippen molar-refractivity contribution in [3.63, 3.8) is 0 Å². The van der Waals surface area contributed by atoms with Crippen LogP contribution in [0.15, 0.2) is 67.0 Å². The van der Waals surface area contributed by atoms with Gasteiger partial charge < -0.3 is 14.8 Å². The van der Waals surface area contributed by atoms with Gasteiger partial charge in [-0.05, 0) is 54.3 Å². The largest absolute Gasteiger partial charge is 0.435 e. The zero-order valence-corrected chi connectivity index (χ0v) is 18.8. The number of rotatable bonds is 8. The molecule has 0 bridgehead atoms. The van der Waals surface area contributed by atoms with Crippen molar-refractivity contribution >= 4 is 23.6 Å². The molecule has 33 heavy (non-hydrogen) atoms. The first-order valence-electron chi connectivity index (χ1n) is 10.1. The third-order valence-corrected chi connectivity index (χ3v) is 5.59. The highest BCUT2D eigenvalue weighted by molar-refractivity contribution is 7.99. The summed E-state index contributed by atoms with van der Waals surface area (Å²) in [5.74, 6) is -1.24. The summed E-state index contributed by atoms with van der Waals surface area (Å²) in [6.07, 6.45) is 3.10. The van der Waals surface area contributed by atoms with Gasteiger partial charge in [0.2, 0.25) is 17.6 Å². The average molecular weight is 466 g/mol. The average Bonchev–Trinajstić information content (AvgIpc) is 2.85. The number of anilines is 2. The van der Waals surface area contributed by atoms with E-state index in [1.165, 1.54) is 24.2 Å². The Morgan fingerprint density at radius 3 is 2.58 bits per heavy atom. The normalized spacial score (nSPS) is 10.7. The van der Waals surface area contributed by atoms with E-state index in [9.17, 15) is 8.78 Å². The minimum Gasteiger partial charge on any atom is -0.435 e. The quantitative estimate of drug-likeness (QED) is 0.299. The first-order valence-corrected chi connectivity index (χ1v) is 11.1. The highest BCUT2D eigenvalue weighted by atomic mass is 32.2. The molecular formula is C24H21F2N5OS. The highest BCUT2D eigenvalue weighted by Crippen LogP contribution is 2.36. The second-order valence-corrected chi connectivity index (χ2v) is 7.83. The third-order valence-electron chi connectivity index (χ3n) is 4.76. The van der Waals surface area contributed by atoms with E-state index in [4.69, 9.17) is 4.74 Å². The fraction of sp³-hybridized carbons (Fsp3) is 0.125. The smallest absolute Gasteiger partial charge is 0.228 e. The molecule has 0 aliphatic heterocycles. The topological polar surface area (TPSA) is 72.0 Å². The maximum atomic E-state index is 14.9. The zero-order chi connectivity index (χ0) is 23.2. The van der Waals surface area contributed by atoms with Gasteiger partial charge in [0.05, 0.1) is 16.9 Å². The lowest BCUT2D eigenvalue weighted by molar-refractivity contribution is 0.407. The molecule has 168 valence electrons. The standard InChI is InChI=1S/C24H21F2N5OS/c1-15-13-19(20(25)21(26)22(15)31-33-14-16-7-4-3-5-8-16)32-23-17(9-6-11-28-23)18-10-12-29-24(27-2)30-18/h3-13,31H,14H2,1-2H3,(H,27,29,30). The number of benzene rings is 2. The van der Waals surface area contributed by atoms with E-state index in [-0.39, 0.29) is 17.3 Å². The summed E-state index contributed by atoms with van der Waals surface area (Å²) in [5, 5.41) is 2.86. The van der Waals surface area contributed by atoms with E-state index in [0.717, 1.165) is 5.56 Å². The lowest BCUT2D eigenvalue weighted by Gasteiger charge is -2.15. The molecule has 0 saturated carbocycles. The molecule has 0 unspecified atom stereocenters. The molecule has 0 spiro atoms. The van der Waals surface area contributed by atoms with Crippen LogP contribution in [0.2, 0.25) is 0 Å². The predicted octanol–water partition coefficient (Wildman–Crippen LogP) is 6.22. The van der Waals surface area contributed by atoms with Gasteiger partial charge in [-0.1, -0.05) is 30.3 Å². The van der Waals surface area contributed by atoms with Crippen molar-refractivity contribution in [1.29, 1.82) is 0 Å². The molecule has 2 N–H and O–H groups in total. The molecule has 0 amide bonds. The predicted molar refractivity (Wildman–Crippen MR) is 127 cm³/mol. The van der Waals surface area contributed by atoms with Crippen molar-refractivity contribution < 1.29 is 13.5 Å². The van der Waals surface area contributed by atoms with Crippen molar-refractivity contribution in [2.24, 2.45) is 0 Å². The van der Waals surface area contributed by atoms with Crippen LogP contribution in [0.1, 0.15) is 11.1 Å². The van der Waals surface area contributed by atoms with Gasteiger partial charge in [0.1, 0.15) is 0 Å². The van der Waals surface area contributed by atoms with Crippen LogP contribution in [0.25, 0.3) is 11.3 Å². The van der Waals surface area contributed by atoms with Crippen LogP contribution in [-0.2, 0) is 5.75 Å². The van der Waals surface area contributed by atoms with Crippen LogP contribution < -0.4 is 14.8 Å². The number of pyridine rings is 1. The van der Waals surface area contributed by atoms with E-state index in [1.54, 1.807) is 38.4 Å². The molecule has 0 saturated heterocycles. The second kappa shape index (κ2) is 10.3. The highest BCUT2D eigenvalue weighted by Gasteiger charge is 2.20. The van der Waals surface area contributed by atoms with Gasteiger partial charge in [0.15, 0.2) is 11.6 Å². The number of aromatic nitrogens is 3. The van der Waals surface area contributed by atoms with Gasteiger partial charge in [0.25, 0.3) is 0 Å². The molecule has 0 aliphatic rings. The number of hydrogen-bond acceptors (Lipinski definition) is 7. The summed E-state index contributed by atoms with van der Waals surface area (Å²) in [4.78, 5) is 12.7. The molecule has 0 aliphatic carbocycles. The molecule has 2 aromatic carbocycles. The van der Waals surface area contributed by atoms with Crippen LogP contribution in [-0.4, -0.2) is 22.0 Å². The molecule has 0 radical (unpaired) electrons. The van der Waals surface area contributed by atoms with Gasteiger partial charge in [-0.15, -0.1) is 0 Å². The Kier molecular flexibility index (Phi) is 6.99. The van der Waals surface area contributed by atoms with E-state index >= 15 is 0 Å². The van der Waals surface area contributed by atoms with Gasteiger partial charge in [0, 0.05) is 25.2 Å². The van der Waals surface area contributed by atoms with Crippen LogP contribution >= 0.6 is 11.9 Å². The first kappa shape index (κ1) is 22.5. The SMILES string of the molecule is CNc1nccc(-c2cccnc2Oc2cc(C)c(NSCc3ccccc3)c(F)c2F)n1. The molecule has 2 heterocycles. The van der Waals surface area contributed by atoms with Crippen molar-refractivity contribution in [3.8, 4) is 22.9 Å². The Morgan fingerprint density at radius 1 is 0.970 bits per heavy atom. The summed E-state index contributed by atoms with van der Waals surface area (Å²) in [5.41, 5.74) is 2.71. The molecular weight excluding hydrogens is 444 g/mol. The van der Waals surface area contributed by atoms with Gasteiger partial charge in [-0.25, -0.2) is 19.3 Å². The monoisotopic (exact) mass is 465 g/mol. The molecule has 4 aromatic rings. The number of nitrogens with one attached hydrogen (secondary N) is 2. The number of ether oxygens (including phenoxy) is 1. The Balaban J connectivity index is 1.57. The van der Waals surface area contributed by atoms with Crippen LogP contribution in [0.3, 0.4) is 0 Å². The van der Waals surface area contributed by atoms with E-state index in [0.29, 0.717) is 28.5 Å². The van der Waals surface area contributed by atoms with Crippen molar-refractivity contribution in [3.05, 3.63) is 89.8 Å². The Bertz CT molecular complexity index is 1260. The van der Waals surface area contributed by atoms with Crippen LogP contribution in [0, 0.1) is 18.6 Å². The summed E-state index contributed by atoms with van der Waals surface area (Å²) in [7, 11) is 1.70. The number of aryl methyl sites for hydroxylation is 1. The lowest BCUT2D eigenvalue weighted by atomic mass is 10.1.